The predicted octanol–water partition coefficient (Wildman–Crippen LogP) is 4.47. The van der Waals surface area contributed by atoms with Gasteiger partial charge in [0.1, 0.15) is 24.9 Å². The molecule has 7 heteroatoms. The average Bonchev–Trinajstić information content (AvgIpc) is 3.76. The first-order chi connectivity index (χ1) is 16.1. The lowest BCUT2D eigenvalue weighted by atomic mass is 9.75. The summed E-state index contributed by atoms with van der Waals surface area (Å²) < 4.78 is 22.9. The van der Waals surface area contributed by atoms with Crippen molar-refractivity contribution >= 4 is 16.9 Å². The van der Waals surface area contributed by atoms with Crippen LogP contribution in [0.4, 0.5) is 0 Å². The van der Waals surface area contributed by atoms with Gasteiger partial charge in [0.2, 0.25) is 0 Å². The Labute approximate surface area is 195 Å². The predicted molar refractivity (Wildman–Crippen MR) is 124 cm³/mol. The lowest BCUT2D eigenvalue weighted by molar-refractivity contribution is -0.234. The summed E-state index contributed by atoms with van der Waals surface area (Å²) in [4.78, 5) is 19.9. The average molecular weight is 457 g/mol. The summed E-state index contributed by atoms with van der Waals surface area (Å²) in [5.74, 6) is 2.67. The van der Waals surface area contributed by atoms with Gasteiger partial charge in [0.15, 0.2) is 5.60 Å². The van der Waals surface area contributed by atoms with Crippen LogP contribution >= 0.6 is 0 Å². The minimum absolute atomic E-state index is 0.0472. The van der Waals surface area contributed by atoms with Gasteiger partial charge in [0.05, 0.1) is 11.7 Å². The zero-order valence-electron chi connectivity index (χ0n) is 19.9. The van der Waals surface area contributed by atoms with Crippen molar-refractivity contribution < 1.29 is 23.4 Å². The molecule has 2 atom stereocenters. The first-order valence-corrected chi connectivity index (χ1v) is 12.4. The smallest absolute Gasteiger partial charge is 0.259 e. The van der Waals surface area contributed by atoms with Crippen LogP contribution in [0.1, 0.15) is 62.8 Å². The van der Waals surface area contributed by atoms with Crippen LogP contribution < -0.4 is 0 Å². The zero-order valence-corrected chi connectivity index (χ0v) is 19.9. The van der Waals surface area contributed by atoms with Crippen LogP contribution in [0.15, 0.2) is 22.7 Å². The Hall–Kier alpha value is -1.96. The molecule has 0 radical (unpaired) electrons. The molecule has 0 spiro atoms. The third-order valence-electron chi connectivity index (χ3n) is 7.53. The Morgan fingerprint density at radius 2 is 1.91 bits per heavy atom. The van der Waals surface area contributed by atoms with Crippen LogP contribution in [0.2, 0.25) is 0 Å². The lowest BCUT2D eigenvalue weighted by Crippen LogP contribution is -2.76. The Morgan fingerprint density at radius 1 is 1.12 bits per heavy atom. The van der Waals surface area contributed by atoms with Crippen molar-refractivity contribution in [2.24, 2.45) is 11.8 Å². The third-order valence-corrected chi connectivity index (χ3v) is 7.53. The molecule has 2 aliphatic carbocycles. The molecular weight excluding hydrogens is 420 g/mol. The largest absolute Gasteiger partial charge is 0.461 e. The van der Waals surface area contributed by atoms with Crippen LogP contribution in [0.5, 0.6) is 0 Å². The molecule has 1 aliphatic heterocycles. The van der Waals surface area contributed by atoms with Crippen molar-refractivity contribution in [1.29, 1.82) is 0 Å². The number of ether oxygens (including phenoxy) is 3. The van der Waals surface area contributed by atoms with Crippen LogP contribution in [0.25, 0.3) is 11.0 Å². The highest BCUT2D eigenvalue weighted by atomic mass is 16.7. The topological polar surface area (TPSA) is 74.0 Å². The molecule has 0 N–H and O–H groups in total. The van der Waals surface area contributed by atoms with Crippen LogP contribution in [-0.4, -0.2) is 55.2 Å². The van der Waals surface area contributed by atoms with Crippen LogP contribution in [0.3, 0.4) is 0 Å². The van der Waals surface area contributed by atoms with Gasteiger partial charge in [-0.2, -0.15) is 0 Å². The molecule has 1 saturated heterocycles. The van der Waals surface area contributed by atoms with E-state index in [0.717, 1.165) is 53.5 Å². The Balaban J connectivity index is 1.39. The van der Waals surface area contributed by atoms with E-state index in [1.54, 1.807) is 25.3 Å². The number of likely N-dealkylation sites (tertiary alicyclic amines) is 1. The highest BCUT2D eigenvalue weighted by Gasteiger charge is 2.61. The van der Waals surface area contributed by atoms with E-state index in [-0.39, 0.29) is 25.5 Å². The molecule has 0 aromatic carbocycles. The number of hydrogen-bond donors (Lipinski definition) is 0. The van der Waals surface area contributed by atoms with E-state index in [9.17, 15) is 4.79 Å². The second-order valence-corrected chi connectivity index (χ2v) is 10.1. The van der Waals surface area contributed by atoms with E-state index in [1.165, 1.54) is 38.5 Å². The summed E-state index contributed by atoms with van der Waals surface area (Å²) >= 11 is 0. The van der Waals surface area contributed by atoms with E-state index in [0.29, 0.717) is 6.42 Å². The fourth-order valence-electron chi connectivity index (χ4n) is 5.30. The Kier molecular flexibility index (Phi) is 6.72. The second kappa shape index (κ2) is 9.72. The van der Waals surface area contributed by atoms with Gasteiger partial charge in [0.25, 0.3) is 5.91 Å². The first-order valence-electron chi connectivity index (χ1n) is 12.4. The standard InChI is InChI=1S/C26H36N2O5/c1-30-16-28-24(5-3-4-18-6-7-18)26(25(28)29,32-17-31-2)15-22-21-14-20(11-10-19-8-9-19)33-23(21)12-13-27-22/h12-14,18-19,24H,3-11,15-17H2,1-2H3/t24-,26+/m0/s1. The van der Waals surface area contributed by atoms with Gasteiger partial charge in [-0.1, -0.05) is 38.5 Å². The molecule has 3 heterocycles. The van der Waals surface area contributed by atoms with Gasteiger partial charge in [-0.05, 0) is 36.8 Å². The van der Waals surface area contributed by atoms with E-state index >= 15 is 0 Å². The number of methoxy groups -OCH3 is 2. The fraction of sp³-hybridized carbons (Fsp3) is 0.692. The highest BCUT2D eigenvalue weighted by molar-refractivity contribution is 5.94. The molecule has 5 rings (SSSR count). The molecule has 7 nitrogen and oxygen atoms in total. The van der Waals surface area contributed by atoms with Crippen LogP contribution in [0, 0.1) is 11.8 Å². The molecule has 0 unspecified atom stereocenters. The number of nitrogens with zero attached hydrogens (tertiary/aromatic N) is 2. The van der Waals surface area contributed by atoms with Crippen LogP contribution in [-0.2, 0) is 31.8 Å². The number of amides is 1. The Bertz CT molecular complexity index is 967. The van der Waals surface area contributed by atoms with E-state index in [4.69, 9.17) is 18.6 Å². The fourth-order valence-corrected chi connectivity index (χ4v) is 5.30. The molecule has 33 heavy (non-hydrogen) atoms. The maximum absolute atomic E-state index is 13.4. The molecule has 2 saturated carbocycles. The van der Waals surface area contributed by atoms with Crippen molar-refractivity contribution in [2.45, 2.75) is 75.9 Å². The summed E-state index contributed by atoms with van der Waals surface area (Å²) in [6, 6.07) is 3.97. The van der Waals surface area contributed by atoms with Gasteiger partial charge < -0.3 is 23.5 Å². The number of rotatable bonds is 14. The first kappa shape index (κ1) is 22.8. The number of fused-ring (bicyclic) bond motifs is 1. The number of carbonyl (C=O) groups is 1. The van der Waals surface area contributed by atoms with Crippen molar-refractivity contribution in [1.82, 2.24) is 9.88 Å². The third kappa shape index (κ3) is 4.81. The molecule has 3 fully saturated rings. The molecular formula is C26H36N2O5. The SMILES string of the molecule is COCO[C@@]1(Cc2nccc3oc(CCC4CC4)cc23)C(=O)N(COC)[C@H]1CCCC1CC1. The molecule has 180 valence electrons. The summed E-state index contributed by atoms with van der Waals surface area (Å²) in [6.07, 6.45) is 12.9. The normalized spacial score (nSPS) is 25.1. The van der Waals surface area contributed by atoms with Gasteiger partial charge in [0, 0.05) is 38.6 Å². The minimum Gasteiger partial charge on any atom is -0.461 e. The van der Waals surface area contributed by atoms with Crippen molar-refractivity contribution in [2.75, 3.05) is 27.7 Å². The van der Waals surface area contributed by atoms with Gasteiger partial charge in [-0.15, -0.1) is 0 Å². The number of hydrogen-bond acceptors (Lipinski definition) is 6. The number of furan rings is 1. The number of pyridine rings is 1. The molecule has 2 aromatic rings. The molecule has 3 aliphatic rings. The highest BCUT2D eigenvalue weighted by Crippen LogP contribution is 2.43. The molecule has 0 bridgehead atoms. The van der Waals surface area contributed by atoms with E-state index in [2.05, 4.69) is 11.1 Å². The van der Waals surface area contributed by atoms with Gasteiger partial charge in [-0.3, -0.25) is 9.78 Å². The summed E-state index contributed by atoms with van der Waals surface area (Å²) in [5.41, 5.74) is 0.700. The zero-order chi connectivity index (χ0) is 22.8. The van der Waals surface area contributed by atoms with Crippen molar-refractivity contribution in [3.05, 3.63) is 29.8 Å². The lowest BCUT2D eigenvalue weighted by Gasteiger charge is -2.55. The summed E-state index contributed by atoms with van der Waals surface area (Å²) in [5, 5.41) is 0.985. The van der Waals surface area contributed by atoms with Crippen molar-refractivity contribution in [3.63, 3.8) is 0 Å². The number of aryl methyl sites for hydroxylation is 1. The Morgan fingerprint density at radius 3 is 2.64 bits per heavy atom. The summed E-state index contributed by atoms with van der Waals surface area (Å²) in [7, 11) is 3.22. The quantitative estimate of drug-likeness (QED) is 0.309. The number of aromatic nitrogens is 1. The minimum atomic E-state index is -0.981. The second-order valence-electron chi connectivity index (χ2n) is 10.1. The van der Waals surface area contributed by atoms with Gasteiger partial charge in [-0.25, -0.2) is 0 Å². The molecule has 1 amide bonds. The van der Waals surface area contributed by atoms with E-state index in [1.807, 2.05) is 6.07 Å². The maximum atomic E-state index is 13.4. The number of carbonyl (C=O) groups excluding carboxylic acids is 1. The summed E-state index contributed by atoms with van der Waals surface area (Å²) in [6.45, 7) is 0.347. The number of β-lactam (4-membered cyclic amide) rings is 1. The monoisotopic (exact) mass is 456 g/mol. The van der Waals surface area contributed by atoms with Gasteiger partial charge >= 0.3 is 0 Å². The van der Waals surface area contributed by atoms with E-state index < -0.39 is 5.60 Å². The maximum Gasteiger partial charge on any atom is 0.259 e. The molecule has 2 aromatic heterocycles. The van der Waals surface area contributed by atoms with Crippen molar-refractivity contribution in [3.8, 4) is 0 Å².